The van der Waals surface area contributed by atoms with Gasteiger partial charge in [0, 0.05) is 0 Å². The number of amides is 1. The average Bonchev–Trinajstić information content (AvgIpc) is 2.28. The van der Waals surface area contributed by atoms with Gasteiger partial charge in [-0.15, -0.1) is 0 Å². The number of sulfone groups is 1. The van der Waals surface area contributed by atoms with Crippen LogP contribution in [0.5, 0.6) is 0 Å². The first-order valence-electron chi connectivity index (χ1n) is 4.76. The fourth-order valence-electron chi connectivity index (χ4n) is 1.22. The van der Waals surface area contributed by atoms with Crippen molar-refractivity contribution in [2.24, 2.45) is 11.5 Å². The molecule has 1 aromatic rings. The first-order valence-corrected chi connectivity index (χ1v) is 6.25. The van der Waals surface area contributed by atoms with E-state index in [2.05, 4.69) is 0 Å². The Morgan fingerprint density at radius 3 is 2.18 bits per heavy atom. The predicted molar refractivity (Wildman–Crippen MR) is 61.6 cm³/mol. The third-order valence-corrected chi connectivity index (χ3v) is 4.64. The van der Waals surface area contributed by atoms with E-state index in [1.807, 2.05) is 0 Å². The Morgan fingerprint density at radius 2 is 1.82 bits per heavy atom. The average molecular weight is 258 g/mol. The van der Waals surface area contributed by atoms with Gasteiger partial charge < -0.3 is 16.6 Å². The Labute approximate surface area is 99.2 Å². The molecule has 0 heterocycles. The minimum Gasteiger partial charge on any atom is -0.393 e. The molecule has 0 saturated carbocycles. The van der Waals surface area contributed by atoms with Crippen LogP contribution in [0.25, 0.3) is 0 Å². The van der Waals surface area contributed by atoms with E-state index in [-0.39, 0.29) is 4.90 Å². The molecule has 1 atom stereocenters. The predicted octanol–water partition coefficient (Wildman–Crippen LogP) is -1.10. The topological polar surface area (TPSA) is 123 Å². The fourth-order valence-corrected chi connectivity index (χ4v) is 2.57. The highest BCUT2D eigenvalue weighted by Gasteiger charge is 2.46. The molecule has 0 unspecified atom stereocenters. The Bertz CT molecular complexity index is 524. The van der Waals surface area contributed by atoms with E-state index in [0.29, 0.717) is 0 Å². The largest absolute Gasteiger partial charge is 0.393 e. The molecule has 0 aliphatic carbocycles. The van der Waals surface area contributed by atoms with Crippen molar-refractivity contribution in [2.45, 2.75) is 16.7 Å². The van der Waals surface area contributed by atoms with Gasteiger partial charge in [-0.25, -0.2) is 8.42 Å². The van der Waals surface area contributed by atoms with Crippen molar-refractivity contribution in [2.75, 3.05) is 6.61 Å². The normalized spacial score (nSPS) is 15.2. The molecule has 0 aliphatic heterocycles. The summed E-state index contributed by atoms with van der Waals surface area (Å²) in [5, 5.41) is 9.00. The third-order valence-electron chi connectivity index (χ3n) is 2.46. The second-order valence-electron chi connectivity index (χ2n) is 3.73. The van der Waals surface area contributed by atoms with Crippen molar-refractivity contribution >= 4 is 15.7 Å². The quantitative estimate of drug-likeness (QED) is 0.632. The Balaban J connectivity index is 3.37. The fraction of sp³-hybridized carbons (Fsp3) is 0.300. The molecule has 7 heteroatoms. The number of aryl methyl sites for hydroxylation is 1. The SMILES string of the molecule is Cc1ccc(S(=O)(=O)[C@](N)(CO)C(N)=O)cc1. The lowest BCUT2D eigenvalue weighted by Gasteiger charge is -2.23. The summed E-state index contributed by atoms with van der Waals surface area (Å²) >= 11 is 0. The molecule has 6 nitrogen and oxygen atoms in total. The zero-order valence-electron chi connectivity index (χ0n) is 9.25. The number of benzene rings is 1. The van der Waals surface area contributed by atoms with Gasteiger partial charge in [0.25, 0.3) is 5.91 Å². The summed E-state index contributed by atoms with van der Waals surface area (Å²) in [6.07, 6.45) is 0. The van der Waals surface area contributed by atoms with Crippen LogP contribution in [0.4, 0.5) is 0 Å². The molecule has 0 fully saturated rings. The van der Waals surface area contributed by atoms with Gasteiger partial charge in [-0.2, -0.15) is 0 Å². The third kappa shape index (κ3) is 2.17. The zero-order chi connectivity index (χ0) is 13.3. The lowest BCUT2D eigenvalue weighted by Crippen LogP contribution is -2.60. The Morgan fingerprint density at radius 1 is 1.35 bits per heavy atom. The molecule has 1 aromatic carbocycles. The van der Waals surface area contributed by atoms with Crippen LogP contribution in [0, 0.1) is 6.92 Å². The summed E-state index contributed by atoms with van der Waals surface area (Å²) < 4.78 is 24.1. The van der Waals surface area contributed by atoms with Crippen molar-refractivity contribution < 1.29 is 18.3 Å². The minimum atomic E-state index is -4.21. The van der Waals surface area contributed by atoms with Crippen LogP contribution in [0.15, 0.2) is 29.2 Å². The second-order valence-corrected chi connectivity index (χ2v) is 5.94. The number of carbonyl (C=O) groups excluding carboxylic acids is 1. The number of aliphatic hydroxyl groups is 1. The smallest absolute Gasteiger partial charge is 0.256 e. The van der Waals surface area contributed by atoms with Crippen LogP contribution < -0.4 is 11.5 Å². The lowest BCUT2D eigenvalue weighted by atomic mass is 10.2. The van der Waals surface area contributed by atoms with Crippen molar-refractivity contribution in [1.82, 2.24) is 0 Å². The second kappa shape index (κ2) is 4.44. The van der Waals surface area contributed by atoms with Gasteiger partial charge in [0.05, 0.1) is 11.5 Å². The van der Waals surface area contributed by atoms with Crippen LogP contribution in [-0.2, 0) is 14.6 Å². The number of aliphatic hydroxyl groups excluding tert-OH is 1. The summed E-state index contributed by atoms with van der Waals surface area (Å²) in [7, 11) is -4.21. The molecule has 0 spiro atoms. The van der Waals surface area contributed by atoms with Crippen molar-refractivity contribution in [3.8, 4) is 0 Å². The molecule has 5 N–H and O–H groups in total. The minimum absolute atomic E-state index is 0.154. The van der Waals surface area contributed by atoms with E-state index in [1.165, 1.54) is 12.1 Å². The number of carbonyl (C=O) groups is 1. The number of rotatable bonds is 4. The Hall–Kier alpha value is -1.44. The van der Waals surface area contributed by atoms with Gasteiger partial charge in [0.2, 0.25) is 14.7 Å². The van der Waals surface area contributed by atoms with Crippen LogP contribution in [0.1, 0.15) is 5.56 Å². The first-order chi connectivity index (χ1) is 7.75. The highest BCUT2D eigenvalue weighted by molar-refractivity contribution is 7.93. The van der Waals surface area contributed by atoms with Gasteiger partial charge in [-0.05, 0) is 19.1 Å². The summed E-state index contributed by atoms with van der Waals surface area (Å²) in [4.78, 5) is 8.45. The van der Waals surface area contributed by atoms with Gasteiger partial charge in [-0.1, -0.05) is 17.7 Å². The van der Waals surface area contributed by atoms with E-state index in [9.17, 15) is 13.2 Å². The molecule has 0 bridgehead atoms. The van der Waals surface area contributed by atoms with Crippen LogP contribution in [0.2, 0.25) is 0 Å². The van der Waals surface area contributed by atoms with Crippen LogP contribution in [0.3, 0.4) is 0 Å². The van der Waals surface area contributed by atoms with E-state index >= 15 is 0 Å². The number of hydrogen-bond acceptors (Lipinski definition) is 5. The van der Waals surface area contributed by atoms with Crippen molar-refractivity contribution in [3.05, 3.63) is 29.8 Å². The van der Waals surface area contributed by atoms with Crippen molar-refractivity contribution in [3.63, 3.8) is 0 Å². The van der Waals surface area contributed by atoms with Crippen LogP contribution in [-0.4, -0.2) is 30.9 Å². The molecule has 0 saturated heterocycles. The maximum Gasteiger partial charge on any atom is 0.256 e. The standard InChI is InChI=1S/C10H14N2O4S/c1-7-2-4-8(5-3-7)17(15,16)10(12,6-13)9(11)14/h2-5,13H,6,12H2,1H3,(H2,11,14)/t10-/m1/s1. The molecule has 1 amide bonds. The summed E-state index contributed by atoms with van der Waals surface area (Å²) in [5.74, 6) is -1.29. The maximum absolute atomic E-state index is 12.1. The molecular weight excluding hydrogens is 244 g/mol. The molecular formula is C10H14N2O4S. The lowest BCUT2D eigenvalue weighted by molar-refractivity contribution is -0.121. The van der Waals surface area contributed by atoms with Gasteiger partial charge >= 0.3 is 0 Å². The van der Waals surface area contributed by atoms with E-state index in [0.717, 1.165) is 5.56 Å². The molecule has 17 heavy (non-hydrogen) atoms. The number of primary amides is 1. The van der Waals surface area contributed by atoms with E-state index in [1.54, 1.807) is 19.1 Å². The van der Waals surface area contributed by atoms with Crippen molar-refractivity contribution in [1.29, 1.82) is 0 Å². The van der Waals surface area contributed by atoms with E-state index in [4.69, 9.17) is 16.6 Å². The highest BCUT2D eigenvalue weighted by Crippen LogP contribution is 2.21. The molecule has 94 valence electrons. The summed E-state index contributed by atoms with van der Waals surface area (Å²) in [6, 6.07) is 5.74. The zero-order valence-corrected chi connectivity index (χ0v) is 10.1. The van der Waals surface area contributed by atoms with Crippen LogP contribution >= 0.6 is 0 Å². The molecule has 0 aliphatic rings. The first kappa shape index (κ1) is 13.6. The summed E-state index contributed by atoms with van der Waals surface area (Å²) in [5.41, 5.74) is 11.2. The maximum atomic E-state index is 12.1. The highest BCUT2D eigenvalue weighted by atomic mass is 32.2. The number of hydrogen-bond donors (Lipinski definition) is 3. The molecule has 1 rings (SSSR count). The molecule has 0 radical (unpaired) electrons. The van der Waals surface area contributed by atoms with Gasteiger partial charge in [0.15, 0.2) is 0 Å². The van der Waals surface area contributed by atoms with E-state index < -0.39 is 27.2 Å². The Kier molecular flexibility index (Phi) is 3.56. The number of nitrogens with two attached hydrogens (primary N) is 2. The summed E-state index contributed by atoms with van der Waals surface area (Å²) in [6.45, 7) is 0.713. The van der Waals surface area contributed by atoms with Gasteiger partial charge in [-0.3, -0.25) is 4.79 Å². The molecule has 0 aromatic heterocycles. The van der Waals surface area contributed by atoms with Gasteiger partial charge in [0.1, 0.15) is 0 Å². The monoisotopic (exact) mass is 258 g/mol.